The Bertz CT molecular complexity index is 628. The van der Waals surface area contributed by atoms with Crippen LogP contribution >= 0.6 is 23.4 Å². The number of nitrogens with zero attached hydrogens (tertiary/aromatic N) is 4. The van der Waals surface area contributed by atoms with Gasteiger partial charge in [0.25, 0.3) is 5.95 Å². The molecule has 0 bridgehead atoms. The van der Waals surface area contributed by atoms with Crippen molar-refractivity contribution in [1.82, 2.24) is 14.8 Å². The second-order valence-corrected chi connectivity index (χ2v) is 5.53. The summed E-state index contributed by atoms with van der Waals surface area (Å²) in [7, 11) is 0. The van der Waals surface area contributed by atoms with E-state index in [9.17, 15) is 5.11 Å². The molecule has 0 radical (unpaired) electrons. The van der Waals surface area contributed by atoms with Gasteiger partial charge < -0.3 is 5.11 Å². The maximum Gasteiger partial charge on any atom is 0.251 e. The lowest BCUT2D eigenvalue weighted by Crippen LogP contribution is -2.23. The Morgan fingerprint density at radius 1 is 1.42 bits per heavy atom. The van der Waals surface area contributed by atoms with Gasteiger partial charge in [-0.25, -0.2) is 4.99 Å². The van der Waals surface area contributed by atoms with E-state index in [2.05, 4.69) is 15.2 Å². The van der Waals surface area contributed by atoms with E-state index >= 15 is 0 Å². The van der Waals surface area contributed by atoms with Crippen LogP contribution in [0.1, 0.15) is 5.56 Å². The Morgan fingerprint density at radius 2 is 2.26 bits per heavy atom. The minimum absolute atomic E-state index is 0.386. The summed E-state index contributed by atoms with van der Waals surface area (Å²) in [5.74, 6) is 1.13. The Balaban J connectivity index is 1.88. The SMILES string of the molecule is OC1CSc2nnc(/N=C/c3ccccc3Cl)n2C1. The summed E-state index contributed by atoms with van der Waals surface area (Å²) in [4.78, 5) is 4.30. The monoisotopic (exact) mass is 294 g/mol. The molecule has 5 nitrogen and oxygen atoms in total. The molecule has 1 N–H and O–H groups in total. The molecule has 0 amide bonds. The van der Waals surface area contributed by atoms with Gasteiger partial charge in [-0.1, -0.05) is 41.6 Å². The van der Waals surface area contributed by atoms with Crippen molar-refractivity contribution in [2.45, 2.75) is 17.8 Å². The Labute approximate surface area is 119 Å². The van der Waals surface area contributed by atoms with Crippen LogP contribution in [0.15, 0.2) is 34.4 Å². The highest BCUT2D eigenvalue weighted by atomic mass is 35.5. The number of aliphatic imine (C=N–C) groups is 1. The molecular formula is C12H11ClN4OS. The molecule has 0 saturated carbocycles. The molecule has 1 atom stereocenters. The predicted molar refractivity (Wildman–Crippen MR) is 75.5 cm³/mol. The quantitative estimate of drug-likeness (QED) is 0.862. The predicted octanol–water partition coefficient (Wildman–Crippen LogP) is 2.15. The van der Waals surface area contributed by atoms with E-state index in [1.165, 1.54) is 11.8 Å². The van der Waals surface area contributed by atoms with Gasteiger partial charge in [-0.05, 0) is 6.07 Å². The molecule has 0 fully saturated rings. The molecule has 0 saturated heterocycles. The molecule has 7 heteroatoms. The van der Waals surface area contributed by atoms with E-state index < -0.39 is 0 Å². The van der Waals surface area contributed by atoms with Crippen LogP contribution in [0, 0.1) is 0 Å². The highest BCUT2D eigenvalue weighted by Gasteiger charge is 2.21. The van der Waals surface area contributed by atoms with Crippen molar-refractivity contribution in [3.8, 4) is 0 Å². The largest absolute Gasteiger partial charge is 0.390 e. The first kappa shape index (κ1) is 12.7. The molecule has 3 rings (SSSR count). The zero-order chi connectivity index (χ0) is 13.2. The van der Waals surface area contributed by atoms with Crippen LogP contribution in [-0.4, -0.2) is 37.9 Å². The zero-order valence-electron chi connectivity index (χ0n) is 9.90. The van der Waals surface area contributed by atoms with Crippen molar-refractivity contribution in [1.29, 1.82) is 0 Å². The smallest absolute Gasteiger partial charge is 0.251 e. The molecular weight excluding hydrogens is 284 g/mol. The lowest BCUT2D eigenvalue weighted by Gasteiger charge is -2.17. The van der Waals surface area contributed by atoms with Crippen molar-refractivity contribution in [2.75, 3.05) is 5.75 Å². The number of benzene rings is 1. The summed E-state index contributed by atoms with van der Waals surface area (Å²) in [5.41, 5.74) is 0.825. The lowest BCUT2D eigenvalue weighted by atomic mass is 10.2. The third kappa shape index (κ3) is 2.65. The number of fused-ring (bicyclic) bond motifs is 1. The third-order valence-corrected chi connectivity index (χ3v) is 4.18. The molecule has 0 aliphatic carbocycles. The number of aliphatic hydroxyl groups is 1. The highest BCUT2D eigenvalue weighted by molar-refractivity contribution is 7.99. The molecule has 0 spiro atoms. The fraction of sp³-hybridized carbons (Fsp3) is 0.250. The molecule has 2 heterocycles. The van der Waals surface area contributed by atoms with Crippen LogP contribution in [0.5, 0.6) is 0 Å². The summed E-state index contributed by atoms with van der Waals surface area (Å²) in [6.45, 7) is 0.477. The molecule has 98 valence electrons. The third-order valence-electron chi connectivity index (χ3n) is 2.72. The van der Waals surface area contributed by atoms with E-state index in [4.69, 9.17) is 11.6 Å². The van der Waals surface area contributed by atoms with Crippen molar-refractivity contribution < 1.29 is 5.11 Å². The zero-order valence-corrected chi connectivity index (χ0v) is 11.5. The van der Waals surface area contributed by atoms with Gasteiger partial charge in [0, 0.05) is 22.6 Å². The molecule has 19 heavy (non-hydrogen) atoms. The Hall–Kier alpha value is -1.37. The molecule has 1 aromatic carbocycles. The number of aromatic nitrogens is 3. The number of thioether (sulfide) groups is 1. The summed E-state index contributed by atoms with van der Waals surface area (Å²) in [6, 6.07) is 7.45. The number of rotatable bonds is 2. The van der Waals surface area contributed by atoms with Gasteiger partial charge >= 0.3 is 0 Å². The van der Waals surface area contributed by atoms with Gasteiger partial charge in [0.05, 0.1) is 12.6 Å². The van der Waals surface area contributed by atoms with Crippen LogP contribution < -0.4 is 0 Å². The normalized spacial score (nSPS) is 18.7. The molecule has 2 aromatic rings. The van der Waals surface area contributed by atoms with E-state index in [0.717, 1.165) is 10.7 Å². The van der Waals surface area contributed by atoms with Crippen molar-refractivity contribution in [3.05, 3.63) is 34.9 Å². The van der Waals surface area contributed by atoms with E-state index in [-0.39, 0.29) is 6.10 Å². The van der Waals surface area contributed by atoms with Crippen molar-refractivity contribution >= 4 is 35.5 Å². The Kier molecular flexibility index (Phi) is 3.54. The minimum atomic E-state index is -0.386. The first-order valence-corrected chi connectivity index (χ1v) is 7.13. The number of hydrogen-bond donors (Lipinski definition) is 1. The fourth-order valence-corrected chi connectivity index (χ4v) is 2.83. The van der Waals surface area contributed by atoms with E-state index in [0.29, 0.717) is 23.3 Å². The first-order chi connectivity index (χ1) is 9.24. The lowest BCUT2D eigenvalue weighted by molar-refractivity contribution is 0.171. The highest BCUT2D eigenvalue weighted by Crippen LogP contribution is 2.27. The van der Waals surface area contributed by atoms with Crippen LogP contribution in [0.4, 0.5) is 5.95 Å². The standard InChI is InChI=1S/C12H11ClN4OS/c13-10-4-2-1-3-8(10)5-14-11-15-16-12-17(11)6-9(18)7-19-12/h1-5,9,18H,6-7H2/b14-5+. The number of aliphatic hydroxyl groups excluding tert-OH is 1. The number of halogens is 1. The minimum Gasteiger partial charge on any atom is -0.390 e. The van der Waals surface area contributed by atoms with E-state index in [1.807, 2.05) is 28.8 Å². The van der Waals surface area contributed by atoms with Crippen LogP contribution in [-0.2, 0) is 6.54 Å². The van der Waals surface area contributed by atoms with Gasteiger partial charge in [0.2, 0.25) is 0 Å². The van der Waals surface area contributed by atoms with Crippen LogP contribution in [0.25, 0.3) is 0 Å². The first-order valence-electron chi connectivity index (χ1n) is 5.76. The molecule has 1 aliphatic rings. The second kappa shape index (κ2) is 5.32. The average Bonchev–Trinajstić information content (AvgIpc) is 2.80. The Morgan fingerprint density at radius 3 is 3.11 bits per heavy atom. The van der Waals surface area contributed by atoms with Gasteiger partial charge in [0.1, 0.15) is 0 Å². The number of hydrogen-bond acceptors (Lipinski definition) is 5. The average molecular weight is 295 g/mol. The summed E-state index contributed by atoms with van der Waals surface area (Å²) < 4.78 is 1.81. The van der Waals surface area contributed by atoms with Crippen LogP contribution in [0.2, 0.25) is 5.02 Å². The molecule has 1 aliphatic heterocycles. The summed E-state index contributed by atoms with van der Waals surface area (Å²) in [6.07, 6.45) is 1.27. The van der Waals surface area contributed by atoms with Gasteiger partial charge in [0.15, 0.2) is 5.16 Å². The van der Waals surface area contributed by atoms with E-state index in [1.54, 1.807) is 6.21 Å². The fourth-order valence-electron chi connectivity index (χ4n) is 1.78. The van der Waals surface area contributed by atoms with Crippen molar-refractivity contribution in [3.63, 3.8) is 0 Å². The van der Waals surface area contributed by atoms with Gasteiger partial charge in [-0.15, -0.1) is 10.2 Å². The van der Waals surface area contributed by atoms with Crippen molar-refractivity contribution in [2.24, 2.45) is 4.99 Å². The molecule has 1 aromatic heterocycles. The van der Waals surface area contributed by atoms with Gasteiger partial charge in [-0.3, -0.25) is 4.57 Å². The summed E-state index contributed by atoms with van der Waals surface area (Å²) >= 11 is 7.53. The molecule has 1 unspecified atom stereocenters. The van der Waals surface area contributed by atoms with Crippen LogP contribution in [0.3, 0.4) is 0 Å². The maximum absolute atomic E-state index is 9.66. The van der Waals surface area contributed by atoms with Gasteiger partial charge in [-0.2, -0.15) is 0 Å². The summed E-state index contributed by atoms with van der Waals surface area (Å²) in [5, 5.41) is 19.1. The second-order valence-electron chi connectivity index (χ2n) is 4.14. The topological polar surface area (TPSA) is 63.3 Å². The maximum atomic E-state index is 9.66.